The molecule has 8 nitrogen and oxygen atoms in total. The van der Waals surface area contributed by atoms with Crippen LogP contribution in [0.25, 0.3) is 5.69 Å². The third kappa shape index (κ3) is 4.35. The molecule has 148 valence electrons. The van der Waals surface area contributed by atoms with Crippen LogP contribution in [0.3, 0.4) is 0 Å². The van der Waals surface area contributed by atoms with E-state index in [1.165, 1.54) is 12.1 Å². The number of nitrogens with one attached hydrogen (secondary N) is 2. The van der Waals surface area contributed by atoms with Gasteiger partial charge >= 0.3 is 0 Å². The first-order valence-corrected chi connectivity index (χ1v) is 10.6. The van der Waals surface area contributed by atoms with Gasteiger partial charge in [0.2, 0.25) is 0 Å². The van der Waals surface area contributed by atoms with Crippen LogP contribution in [0.5, 0.6) is 0 Å². The number of sulfonamides is 1. The van der Waals surface area contributed by atoms with E-state index in [0.29, 0.717) is 30.1 Å². The third-order valence-corrected chi connectivity index (χ3v) is 5.78. The predicted molar refractivity (Wildman–Crippen MR) is 110 cm³/mol. The molecule has 29 heavy (non-hydrogen) atoms. The van der Waals surface area contributed by atoms with Gasteiger partial charge in [0.15, 0.2) is 0 Å². The maximum Gasteiger partial charge on any atom is 0.262 e. The minimum absolute atomic E-state index is 0.0650. The predicted octanol–water partition coefficient (Wildman–Crippen LogP) is 2.60. The van der Waals surface area contributed by atoms with Gasteiger partial charge in [-0.25, -0.2) is 13.1 Å². The molecule has 0 radical (unpaired) electrons. The molecule has 0 aliphatic carbocycles. The van der Waals surface area contributed by atoms with Crippen LogP contribution in [-0.2, 0) is 10.0 Å². The lowest BCUT2D eigenvalue weighted by atomic mass is 10.2. The first-order chi connectivity index (χ1) is 14.0. The standard InChI is InChI=1S/C20H19N5O3S/c26-20(15-5-1-7-17(13-15)25-12-4-11-22-25)23-16-6-2-8-18(14-16)29(27,28)24-19-9-3-10-21-19/h1-2,4-8,11-14H,3,9-10H2,(H,21,24)(H,23,26). The Balaban J connectivity index is 1.52. The zero-order valence-electron chi connectivity index (χ0n) is 15.4. The second kappa shape index (κ2) is 7.88. The molecular weight excluding hydrogens is 390 g/mol. The number of rotatable bonds is 5. The van der Waals surface area contributed by atoms with E-state index < -0.39 is 10.0 Å². The summed E-state index contributed by atoms with van der Waals surface area (Å²) in [5.74, 6) is 0.122. The third-order valence-electron chi connectivity index (χ3n) is 4.41. The SMILES string of the molecule is O=C(Nc1cccc(S(=O)(=O)NC2=NCCC2)c1)c1cccc(-n2cccn2)c1. The minimum Gasteiger partial charge on any atom is -0.322 e. The molecule has 0 spiro atoms. The Labute approximate surface area is 168 Å². The Morgan fingerprint density at radius 3 is 2.69 bits per heavy atom. The average Bonchev–Trinajstić information content (AvgIpc) is 3.42. The molecule has 3 aromatic rings. The number of carbonyl (C=O) groups is 1. The van der Waals surface area contributed by atoms with Gasteiger partial charge in [0, 0.05) is 36.6 Å². The van der Waals surface area contributed by atoms with E-state index in [2.05, 4.69) is 20.1 Å². The van der Waals surface area contributed by atoms with Crippen molar-refractivity contribution >= 4 is 27.5 Å². The Morgan fingerprint density at radius 1 is 1.07 bits per heavy atom. The normalized spacial score (nSPS) is 13.7. The van der Waals surface area contributed by atoms with Crippen molar-refractivity contribution in [3.8, 4) is 5.69 Å². The van der Waals surface area contributed by atoms with Crippen molar-refractivity contribution < 1.29 is 13.2 Å². The Hall–Kier alpha value is -3.46. The Kier molecular flexibility index (Phi) is 5.13. The van der Waals surface area contributed by atoms with Crippen LogP contribution in [0.1, 0.15) is 23.2 Å². The smallest absolute Gasteiger partial charge is 0.262 e. The molecular formula is C20H19N5O3S. The highest BCUT2D eigenvalue weighted by molar-refractivity contribution is 7.90. The van der Waals surface area contributed by atoms with Crippen LogP contribution in [-0.4, -0.2) is 36.5 Å². The van der Waals surface area contributed by atoms with Crippen LogP contribution < -0.4 is 10.0 Å². The molecule has 0 bridgehead atoms. The molecule has 2 N–H and O–H groups in total. The van der Waals surface area contributed by atoms with Crippen molar-refractivity contribution in [2.75, 3.05) is 11.9 Å². The summed E-state index contributed by atoms with van der Waals surface area (Å²) in [5, 5.41) is 6.90. The highest BCUT2D eigenvalue weighted by Crippen LogP contribution is 2.18. The highest BCUT2D eigenvalue weighted by Gasteiger charge is 2.19. The quantitative estimate of drug-likeness (QED) is 0.676. The number of aliphatic imine (C=N–C) groups is 1. The monoisotopic (exact) mass is 409 g/mol. The fourth-order valence-corrected chi connectivity index (χ4v) is 4.13. The molecule has 1 aliphatic heterocycles. The lowest BCUT2D eigenvalue weighted by molar-refractivity contribution is 0.102. The number of amidine groups is 1. The molecule has 2 aromatic carbocycles. The van der Waals surface area contributed by atoms with Gasteiger partial charge in [-0.2, -0.15) is 5.10 Å². The number of anilines is 1. The van der Waals surface area contributed by atoms with E-state index in [0.717, 1.165) is 12.1 Å². The van der Waals surface area contributed by atoms with Crippen molar-refractivity contribution in [2.45, 2.75) is 17.7 Å². The van der Waals surface area contributed by atoms with Gasteiger partial charge in [-0.1, -0.05) is 12.1 Å². The molecule has 1 amide bonds. The summed E-state index contributed by atoms with van der Waals surface area (Å²) in [6, 6.07) is 14.9. The lowest BCUT2D eigenvalue weighted by Crippen LogP contribution is -2.29. The van der Waals surface area contributed by atoms with Gasteiger partial charge in [0.25, 0.3) is 15.9 Å². The molecule has 2 heterocycles. The molecule has 1 aliphatic rings. The first kappa shape index (κ1) is 18.9. The van der Waals surface area contributed by atoms with Gasteiger partial charge < -0.3 is 5.32 Å². The van der Waals surface area contributed by atoms with Gasteiger partial charge in [0.05, 0.1) is 10.6 Å². The molecule has 0 saturated carbocycles. The van der Waals surface area contributed by atoms with Crippen molar-refractivity contribution in [1.82, 2.24) is 14.5 Å². The minimum atomic E-state index is -3.75. The van der Waals surface area contributed by atoms with Gasteiger partial charge in [-0.05, 0) is 48.9 Å². The second-order valence-corrected chi connectivity index (χ2v) is 8.20. The Bertz CT molecular complexity index is 1170. The van der Waals surface area contributed by atoms with Crippen LogP contribution in [0, 0.1) is 0 Å². The molecule has 0 fully saturated rings. The molecule has 0 atom stereocenters. The maximum atomic E-state index is 12.7. The van der Waals surface area contributed by atoms with E-state index >= 15 is 0 Å². The Morgan fingerprint density at radius 2 is 1.93 bits per heavy atom. The van der Waals surface area contributed by atoms with Crippen LogP contribution >= 0.6 is 0 Å². The summed E-state index contributed by atoms with van der Waals surface area (Å²) >= 11 is 0. The fraction of sp³-hybridized carbons (Fsp3) is 0.150. The number of hydrogen-bond donors (Lipinski definition) is 2. The molecule has 0 saturated heterocycles. The van der Waals surface area contributed by atoms with Gasteiger partial charge in [-0.3, -0.25) is 14.5 Å². The number of amides is 1. The molecule has 4 rings (SSSR count). The lowest BCUT2D eigenvalue weighted by Gasteiger charge is -2.10. The first-order valence-electron chi connectivity index (χ1n) is 9.09. The summed E-state index contributed by atoms with van der Waals surface area (Å²) in [6.45, 7) is 0.631. The van der Waals surface area contributed by atoms with Crippen LogP contribution in [0.2, 0.25) is 0 Å². The zero-order chi connectivity index (χ0) is 20.3. The van der Waals surface area contributed by atoms with Crippen LogP contribution in [0.4, 0.5) is 5.69 Å². The number of hydrogen-bond acceptors (Lipinski definition) is 5. The van der Waals surface area contributed by atoms with Crippen molar-refractivity contribution in [3.63, 3.8) is 0 Å². The highest BCUT2D eigenvalue weighted by atomic mass is 32.2. The largest absolute Gasteiger partial charge is 0.322 e. The van der Waals surface area contributed by atoms with Crippen molar-refractivity contribution in [3.05, 3.63) is 72.6 Å². The second-order valence-electron chi connectivity index (χ2n) is 6.52. The number of nitrogens with zero attached hydrogens (tertiary/aromatic N) is 3. The summed E-state index contributed by atoms with van der Waals surface area (Å²) in [4.78, 5) is 16.9. The summed E-state index contributed by atoms with van der Waals surface area (Å²) in [5.41, 5.74) is 1.57. The van der Waals surface area contributed by atoms with Gasteiger partial charge in [0.1, 0.15) is 5.84 Å². The van der Waals surface area contributed by atoms with E-state index in [4.69, 9.17) is 0 Å². The van der Waals surface area contributed by atoms with Crippen molar-refractivity contribution in [1.29, 1.82) is 0 Å². The zero-order valence-corrected chi connectivity index (χ0v) is 16.3. The molecule has 0 unspecified atom stereocenters. The van der Waals surface area contributed by atoms with E-state index in [-0.39, 0.29) is 10.8 Å². The number of benzene rings is 2. The molecule has 9 heteroatoms. The van der Waals surface area contributed by atoms with Crippen molar-refractivity contribution in [2.24, 2.45) is 4.99 Å². The van der Waals surface area contributed by atoms with E-state index in [9.17, 15) is 13.2 Å². The van der Waals surface area contributed by atoms with Gasteiger partial charge in [-0.15, -0.1) is 0 Å². The topological polar surface area (TPSA) is 105 Å². The summed E-state index contributed by atoms with van der Waals surface area (Å²) < 4.78 is 29.3. The average molecular weight is 409 g/mol. The maximum absolute atomic E-state index is 12.7. The summed E-state index contributed by atoms with van der Waals surface area (Å²) in [7, 11) is -3.75. The number of aromatic nitrogens is 2. The van der Waals surface area contributed by atoms with Crippen LogP contribution in [0.15, 0.2) is 76.9 Å². The fourth-order valence-electron chi connectivity index (χ4n) is 2.99. The van der Waals surface area contributed by atoms with E-state index in [1.807, 2.05) is 6.07 Å². The summed E-state index contributed by atoms with van der Waals surface area (Å²) in [6.07, 6.45) is 4.89. The number of carbonyl (C=O) groups excluding carboxylic acids is 1. The van der Waals surface area contributed by atoms with E-state index in [1.54, 1.807) is 53.5 Å². The molecule has 1 aromatic heterocycles.